The topological polar surface area (TPSA) is 56.3 Å². The van der Waals surface area contributed by atoms with E-state index in [1.165, 1.54) is 23.1 Å². The molecule has 1 atom stereocenters. The molecule has 0 bridgehead atoms. The third-order valence-electron chi connectivity index (χ3n) is 5.13. The Hall–Kier alpha value is -2.87. The molecule has 2 heterocycles. The number of piperazine rings is 1. The number of hydrogen-bond acceptors (Lipinski definition) is 5. The fourth-order valence-corrected chi connectivity index (χ4v) is 3.61. The van der Waals surface area contributed by atoms with E-state index in [1.807, 2.05) is 4.90 Å². The van der Waals surface area contributed by atoms with Gasteiger partial charge in [0.25, 0.3) is 0 Å². The Morgan fingerprint density at radius 2 is 1.61 bits per heavy atom. The van der Waals surface area contributed by atoms with Crippen molar-refractivity contribution < 1.29 is 23.4 Å². The van der Waals surface area contributed by atoms with Crippen molar-refractivity contribution in [3.05, 3.63) is 54.1 Å². The Kier molecular flexibility index (Phi) is 5.04. The number of ether oxygens (including phenoxy) is 1. The molecule has 0 aromatic heterocycles. The van der Waals surface area contributed by atoms with Crippen molar-refractivity contribution in [3.8, 4) is 0 Å². The highest BCUT2D eigenvalue weighted by Crippen LogP contribution is 2.29. The smallest absolute Gasteiger partial charge is 0.414 e. The van der Waals surface area contributed by atoms with Gasteiger partial charge in [-0.25, -0.2) is 13.6 Å². The molecule has 2 fully saturated rings. The minimum absolute atomic E-state index is 0.199. The Balaban J connectivity index is 1.43. The average molecular weight is 389 g/mol. The van der Waals surface area contributed by atoms with Crippen LogP contribution in [0, 0.1) is 11.6 Å². The van der Waals surface area contributed by atoms with E-state index in [1.54, 1.807) is 24.3 Å². The number of carbonyl (C=O) groups excluding carboxylic acids is 1. The highest BCUT2D eigenvalue weighted by molar-refractivity contribution is 5.90. The number of rotatable bonds is 4. The second kappa shape index (κ2) is 7.63. The van der Waals surface area contributed by atoms with Crippen LogP contribution in [-0.2, 0) is 4.74 Å². The van der Waals surface area contributed by atoms with Crippen LogP contribution in [0.25, 0.3) is 0 Å². The molecule has 28 heavy (non-hydrogen) atoms. The summed E-state index contributed by atoms with van der Waals surface area (Å²) in [5.41, 5.74) is 1.84. The van der Waals surface area contributed by atoms with Crippen LogP contribution in [0.5, 0.6) is 0 Å². The molecule has 2 saturated heterocycles. The predicted molar refractivity (Wildman–Crippen MR) is 102 cm³/mol. The molecule has 2 aliphatic rings. The summed E-state index contributed by atoms with van der Waals surface area (Å²) in [5, 5.41) is 9.13. The van der Waals surface area contributed by atoms with Gasteiger partial charge in [-0.15, -0.1) is 0 Å². The Bertz CT molecular complexity index is 854. The molecule has 8 heteroatoms. The monoisotopic (exact) mass is 389 g/mol. The number of benzene rings is 2. The highest BCUT2D eigenvalue weighted by atomic mass is 19.1. The SMILES string of the molecule is O=C1O[C@@H](CO)CN1c1ccc(N2CCN(c3ccc(F)cc3)CC2)c(F)c1. The van der Waals surface area contributed by atoms with Crippen molar-refractivity contribution in [2.75, 3.05) is 54.0 Å². The van der Waals surface area contributed by atoms with E-state index in [9.17, 15) is 13.6 Å². The quantitative estimate of drug-likeness (QED) is 0.871. The highest BCUT2D eigenvalue weighted by Gasteiger charge is 2.32. The fraction of sp³-hybridized carbons (Fsp3) is 0.350. The molecule has 6 nitrogen and oxygen atoms in total. The van der Waals surface area contributed by atoms with Crippen LogP contribution < -0.4 is 14.7 Å². The first kappa shape index (κ1) is 18.5. The summed E-state index contributed by atoms with van der Waals surface area (Å²) in [6.45, 7) is 2.59. The molecule has 0 radical (unpaired) electrons. The number of carbonyl (C=O) groups is 1. The Morgan fingerprint density at radius 1 is 0.964 bits per heavy atom. The summed E-state index contributed by atoms with van der Waals surface area (Å²) in [6, 6.07) is 11.0. The van der Waals surface area contributed by atoms with Crippen LogP contribution in [0.3, 0.4) is 0 Å². The van der Waals surface area contributed by atoms with Gasteiger partial charge in [0.05, 0.1) is 24.5 Å². The molecule has 2 aliphatic heterocycles. The van der Waals surface area contributed by atoms with Crippen LogP contribution in [-0.4, -0.2) is 56.6 Å². The number of hydrogen-bond donors (Lipinski definition) is 1. The van der Waals surface area contributed by atoms with Crippen molar-refractivity contribution in [2.45, 2.75) is 6.10 Å². The van der Waals surface area contributed by atoms with Crippen molar-refractivity contribution in [1.29, 1.82) is 0 Å². The largest absolute Gasteiger partial charge is 0.441 e. The van der Waals surface area contributed by atoms with Gasteiger partial charge in [0.15, 0.2) is 0 Å². The minimum Gasteiger partial charge on any atom is -0.441 e. The van der Waals surface area contributed by atoms with E-state index >= 15 is 0 Å². The molecule has 0 aliphatic carbocycles. The fourth-order valence-electron chi connectivity index (χ4n) is 3.61. The number of amides is 1. The van der Waals surface area contributed by atoms with Gasteiger partial charge in [-0.3, -0.25) is 4.90 Å². The molecule has 148 valence electrons. The Labute approximate surface area is 161 Å². The van der Waals surface area contributed by atoms with Crippen molar-refractivity contribution >= 4 is 23.2 Å². The van der Waals surface area contributed by atoms with Gasteiger partial charge in [0.1, 0.15) is 17.7 Å². The molecule has 4 rings (SSSR count). The van der Waals surface area contributed by atoms with E-state index in [0.717, 1.165) is 5.69 Å². The maximum absolute atomic E-state index is 14.7. The summed E-state index contributed by atoms with van der Waals surface area (Å²) in [5.74, 6) is -0.676. The van der Waals surface area contributed by atoms with Crippen LogP contribution in [0.15, 0.2) is 42.5 Å². The van der Waals surface area contributed by atoms with E-state index in [-0.39, 0.29) is 19.0 Å². The number of aliphatic hydroxyl groups is 1. The number of nitrogens with zero attached hydrogens (tertiary/aromatic N) is 3. The molecular formula is C20H21F2N3O3. The third-order valence-corrected chi connectivity index (χ3v) is 5.13. The van der Waals surface area contributed by atoms with Crippen molar-refractivity contribution in [2.24, 2.45) is 0 Å². The zero-order valence-electron chi connectivity index (χ0n) is 15.2. The normalized spacial score (nSPS) is 19.9. The van der Waals surface area contributed by atoms with E-state index in [0.29, 0.717) is 37.6 Å². The van der Waals surface area contributed by atoms with Gasteiger partial charge in [0, 0.05) is 31.9 Å². The standard InChI is InChI=1S/C20H21F2N3O3/c21-14-1-3-15(4-2-14)23-7-9-24(10-8-23)19-6-5-16(11-18(19)22)25-12-17(13-26)28-20(25)27/h1-6,11,17,26H,7-10,12-13H2/t17-/m1/s1. The van der Waals surface area contributed by atoms with Gasteiger partial charge in [0.2, 0.25) is 0 Å². The number of aliphatic hydroxyl groups excluding tert-OH is 1. The second-order valence-electron chi connectivity index (χ2n) is 6.89. The molecule has 0 unspecified atom stereocenters. The number of anilines is 3. The van der Waals surface area contributed by atoms with Crippen molar-refractivity contribution in [3.63, 3.8) is 0 Å². The number of halogens is 2. The van der Waals surface area contributed by atoms with Gasteiger partial charge in [-0.1, -0.05) is 0 Å². The van der Waals surface area contributed by atoms with Gasteiger partial charge < -0.3 is 19.6 Å². The van der Waals surface area contributed by atoms with Gasteiger partial charge in [-0.2, -0.15) is 0 Å². The van der Waals surface area contributed by atoms with E-state index in [2.05, 4.69) is 4.90 Å². The van der Waals surface area contributed by atoms with E-state index < -0.39 is 18.0 Å². The third kappa shape index (κ3) is 3.60. The van der Waals surface area contributed by atoms with Crippen LogP contribution in [0.4, 0.5) is 30.6 Å². The zero-order valence-corrected chi connectivity index (χ0v) is 15.2. The lowest BCUT2D eigenvalue weighted by Gasteiger charge is -2.37. The van der Waals surface area contributed by atoms with Gasteiger partial charge >= 0.3 is 6.09 Å². The molecule has 0 spiro atoms. The summed E-state index contributed by atoms with van der Waals surface area (Å²) in [7, 11) is 0. The molecule has 1 N–H and O–H groups in total. The number of cyclic esters (lactones) is 1. The van der Waals surface area contributed by atoms with Crippen LogP contribution in [0.2, 0.25) is 0 Å². The summed E-state index contributed by atoms with van der Waals surface area (Å²) < 4.78 is 32.8. The Morgan fingerprint density at radius 3 is 2.21 bits per heavy atom. The first-order chi connectivity index (χ1) is 13.5. The molecule has 0 saturated carbocycles. The summed E-state index contributed by atoms with van der Waals surface area (Å²) in [6.07, 6.45) is -1.17. The van der Waals surface area contributed by atoms with Gasteiger partial charge in [-0.05, 0) is 42.5 Å². The summed E-state index contributed by atoms with van der Waals surface area (Å²) in [4.78, 5) is 17.3. The predicted octanol–water partition coefficient (Wildman–Crippen LogP) is 2.61. The van der Waals surface area contributed by atoms with E-state index in [4.69, 9.17) is 9.84 Å². The second-order valence-corrected chi connectivity index (χ2v) is 6.89. The minimum atomic E-state index is -0.588. The average Bonchev–Trinajstić information content (AvgIpc) is 3.09. The van der Waals surface area contributed by atoms with Crippen molar-refractivity contribution in [1.82, 2.24) is 0 Å². The first-order valence-corrected chi connectivity index (χ1v) is 9.19. The zero-order chi connectivity index (χ0) is 19.7. The maximum Gasteiger partial charge on any atom is 0.414 e. The van der Waals surface area contributed by atoms with Crippen LogP contribution >= 0.6 is 0 Å². The lowest BCUT2D eigenvalue weighted by molar-refractivity contribution is 0.0963. The molecular weight excluding hydrogens is 368 g/mol. The lowest BCUT2D eigenvalue weighted by Crippen LogP contribution is -2.46. The summed E-state index contributed by atoms with van der Waals surface area (Å²) >= 11 is 0. The van der Waals surface area contributed by atoms with Crippen LogP contribution in [0.1, 0.15) is 0 Å². The first-order valence-electron chi connectivity index (χ1n) is 9.19. The lowest BCUT2D eigenvalue weighted by atomic mass is 10.2. The molecule has 2 aromatic rings. The molecule has 1 amide bonds. The molecule has 2 aromatic carbocycles. The maximum atomic E-state index is 14.7.